The minimum Gasteiger partial charge on any atom is -0.322 e. The minimum atomic E-state index is 0.308. The highest BCUT2D eigenvalue weighted by molar-refractivity contribution is 6.30. The summed E-state index contributed by atoms with van der Waals surface area (Å²) in [6.07, 6.45) is 0. The molecule has 21 heavy (non-hydrogen) atoms. The lowest BCUT2D eigenvalue weighted by Gasteiger charge is -2.04. The van der Waals surface area contributed by atoms with Gasteiger partial charge in [0.1, 0.15) is 0 Å². The summed E-state index contributed by atoms with van der Waals surface area (Å²) in [6, 6.07) is 9.12. The first kappa shape index (κ1) is 13.4. The Morgan fingerprint density at radius 1 is 1.00 bits per heavy atom. The number of halogens is 1. The van der Waals surface area contributed by atoms with Gasteiger partial charge in [0.15, 0.2) is 0 Å². The fourth-order valence-corrected chi connectivity index (χ4v) is 1.98. The van der Waals surface area contributed by atoms with Gasteiger partial charge in [0.25, 0.3) is 11.9 Å². The first-order chi connectivity index (χ1) is 10.1. The van der Waals surface area contributed by atoms with Crippen LogP contribution in [-0.2, 0) is 0 Å². The summed E-state index contributed by atoms with van der Waals surface area (Å²) in [4.78, 5) is 0. The summed E-state index contributed by atoms with van der Waals surface area (Å²) < 4.78 is 1.60. The second-order valence-electron chi connectivity index (χ2n) is 4.49. The maximum Gasteiger partial charge on any atom is 0.289 e. The molecule has 0 bridgehead atoms. The van der Waals surface area contributed by atoms with Gasteiger partial charge in [-0.3, -0.25) is 0 Å². The molecule has 0 aliphatic heterocycles. The highest BCUT2D eigenvalue weighted by Crippen LogP contribution is 2.16. The van der Waals surface area contributed by atoms with Gasteiger partial charge in [-0.15, -0.1) is 20.4 Å². The first-order valence-corrected chi connectivity index (χ1v) is 6.63. The smallest absolute Gasteiger partial charge is 0.289 e. The SMILES string of the molecule is Cc1cc(C)n(-c2nnc(Nc3ccc(Cl)cc3)nn2)n1. The molecule has 0 unspecified atom stereocenters. The number of hydrogen-bond acceptors (Lipinski definition) is 6. The van der Waals surface area contributed by atoms with E-state index in [1.807, 2.05) is 32.0 Å². The van der Waals surface area contributed by atoms with Gasteiger partial charge < -0.3 is 5.32 Å². The van der Waals surface area contributed by atoms with Crippen molar-refractivity contribution in [2.24, 2.45) is 0 Å². The predicted molar refractivity (Wildman–Crippen MR) is 79.0 cm³/mol. The number of rotatable bonds is 3. The number of anilines is 2. The number of benzene rings is 1. The van der Waals surface area contributed by atoms with Crippen molar-refractivity contribution in [3.63, 3.8) is 0 Å². The zero-order valence-corrected chi connectivity index (χ0v) is 12.2. The summed E-state index contributed by atoms with van der Waals surface area (Å²) in [5.74, 6) is 0.643. The fourth-order valence-electron chi connectivity index (χ4n) is 1.85. The predicted octanol–water partition coefficient (Wildman–Crippen LogP) is 2.47. The Labute approximate surface area is 126 Å². The maximum atomic E-state index is 5.83. The van der Waals surface area contributed by atoms with Gasteiger partial charge >= 0.3 is 0 Å². The Balaban J connectivity index is 1.81. The summed E-state index contributed by atoms with van der Waals surface area (Å²) in [6.45, 7) is 3.82. The Morgan fingerprint density at radius 3 is 2.24 bits per heavy atom. The van der Waals surface area contributed by atoms with Crippen LogP contribution < -0.4 is 5.32 Å². The summed E-state index contributed by atoms with van der Waals surface area (Å²) >= 11 is 5.83. The molecule has 0 saturated heterocycles. The molecule has 0 radical (unpaired) electrons. The van der Waals surface area contributed by atoms with Gasteiger partial charge in [0, 0.05) is 16.4 Å². The van der Waals surface area contributed by atoms with Gasteiger partial charge in [0.05, 0.1) is 5.69 Å². The van der Waals surface area contributed by atoms with E-state index in [2.05, 4.69) is 30.8 Å². The van der Waals surface area contributed by atoms with Crippen molar-refractivity contribution in [2.75, 3.05) is 5.32 Å². The second-order valence-corrected chi connectivity index (χ2v) is 4.93. The van der Waals surface area contributed by atoms with E-state index in [-0.39, 0.29) is 0 Å². The van der Waals surface area contributed by atoms with Crippen molar-refractivity contribution in [3.8, 4) is 5.95 Å². The molecule has 0 aliphatic rings. The molecule has 0 amide bonds. The molecule has 1 aromatic carbocycles. The molecule has 2 heterocycles. The monoisotopic (exact) mass is 301 g/mol. The Bertz CT molecular complexity index is 749. The van der Waals surface area contributed by atoms with Crippen molar-refractivity contribution < 1.29 is 0 Å². The molecule has 8 heteroatoms. The molecule has 0 fully saturated rings. The highest BCUT2D eigenvalue weighted by Gasteiger charge is 2.08. The number of nitrogens with zero attached hydrogens (tertiary/aromatic N) is 6. The van der Waals surface area contributed by atoms with Crippen LogP contribution in [-0.4, -0.2) is 30.2 Å². The largest absolute Gasteiger partial charge is 0.322 e. The molecule has 2 aromatic heterocycles. The van der Waals surface area contributed by atoms with Crippen LogP contribution in [0.15, 0.2) is 30.3 Å². The van der Waals surface area contributed by atoms with E-state index in [0.717, 1.165) is 17.1 Å². The van der Waals surface area contributed by atoms with E-state index in [1.165, 1.54) is 0 Å². The lowest BCUT2D eigenvalue weighted by molar-refractivity contribution is 0.713. The normalized spacial score (nSPS) is 10.6. The molecule has 7 nitrogen and oxygen atoms in total. The summed E-state index contributed by atoms with van der Waals surface area (Å²) in [7, 11) is 0. The van der Waals surface area contributed by atoms with E-state index in [0.29, 0.717) is 16.9 Å². The molecule has 3 rings (SSSR count). The van der Waals surface area contributed by atoms with E-state index in [4.69, 9.17) is 11.6 Å². The summed E-state index contributed by atoms with van der Waals surface area (Å²) in [5.41, 5.74) is 2.62. The maximum absolute atomic E-state index is 5.83. The third-order valence-corrected chi connectivity index (χ3v) is 3.02. The topological polar surface area (TPSA) is 81.4 Å². The highest BCUT2D eigenvalue weighted by atomic mass is 35.5. The van der Waals surface area contributed by atoms with Gasteiger partial charge in [-0.2, -0.15) is 5.10 Å². The molecule has 0 saturated carbocycles. The standard InChI is InChI=1S/C13H12ClN7/c1-8-7-9(2)21(20-8)13-18-16-12(17-19-13)15-11-5-3-10(14)4-6-11/h3-7H,1-2H3,(H,15,16,17). The van der Waals surface area contributed by atoms with Crippen LogP contribution in [0.1, 0.15) is 11.4 Å². The molecule has 106 valence electrons. The zero-order valence-electron chi connectivity index (χ0n) is 11.4. The van der Waals surface area contributed by atoms with Crippen LogP contribution >= 0.6 is 11.6 Å². The number of nitrogens with one attached hydrogen (secondary N) is 1. The summed E-state index contributed by atoms with van der Waals surface area (Å²) in [5, 5.41) is 24.0. The second kappa shape index (κ2) is 5.45. The van der Waals surface area contributed by atoms with Crippen molar-refractivity contribution in [1.29, 1.82) is 0 Å². The molecule has 1 N–H and O–H groups in total. The van der Waals surface area contributed by atoms with Gasteiger partial charge in [0.2, 0.25) is 0 Å². The number of aromatic nitrogens is 6. The van der Waals surface area contributed by atoms with Crippen LogP contribution in [0.4, 0.5) is 11.6 Å². The average Bonchev–Trinajstić information content (AvgIpc) is 2.81. The lowest BCUT2D eigenvalue weighted by Crippen LogP contribution is -2.10. The van der Waals surface area contributed by atoms with Gasteiger partial charge in [-0.1, -0.05) is 11.6 Å². The van der Waals surface area contributed by atoms with Gasteiger partial charge in [-0.25, -0.2) is 4.68 Å². The quantitative estimate of drug-likeness (QED) is 0.800. The zero-order chi connectivity index (χ0) is 14.8. The Morgan fingerprint density at radius 2 is 1.67 bits per heavy atom. The van der Waals surface area contributed by atoms with E-state index < -0.39 is 0 Å². The average molecular weight is 302 g/mol. The molecule has 0 spiro atoms. The van der Waals surface area contributed by atoms with Crippen molar-refractivity contribution in [2.45, 2.75) is 13.8 Å². The van der Waals surface area contributed by atoms with Crippen LogP contribution in [0.3, 0.4) is 0 Å². The van der Waals surface area contributed by atoms with Crippen molar-refractivity contribution in [3.05, 3.63) is 46.7 Å². The van der Waals surface area contributed by atoms with Crippen molar-refractivity contribution >= 4 is 23.2 Å². The molecule has 0 atom stereocenters. The third kappa shape index (κ3) is 2.97. The van der Waals surface area contributed by atoms with Crippen LogP contribution in [0.2, 0.25) is 5.02 Å². The Hall–Kier alpha value is -2.54. The molecular weight excluding hydrogens is 290 g/mol. The van der Waals surface area contributed by atoms with Gasteiger partial charge in [-0.05, 0) is 44.2 Å². The van der Waals surface area contributed by atoms with E-state index in [9.17, 15) is 0 Å². The molecular formula is C13H12ClN7. The van der Waals surface area contributed by atoms with E-state index in [1.54, 1.807) is 16.8 Å². The first-order valence-electron chi connectivity index (χ1n) is 6.25. The van der Waals surface area contributed by atoms with Crippen LogP contribution in [0.25, 0.3) is 5.95 Å². The third-order valence-electron chi connectivity index (χ3n) is 2.77. The van der Waals surface area contributed by atoms with Crippen LogP contribution in [0.5, 0.6) is 0 Å². The lowest BCUT2D eigenvalue weighted by atomic mass is 10.3. The number of hydrogen-bond donors (Lipinski definition) is 1. The Kier molecular flexibility index (Phi) is 3.49. The molecule has 0 aliphatic carbocycles. The number of aryl methyl sites for hydroxylation is 2. The molecule has 3 aromatic rings. The van der Waals surface area contributed by atoms with Crippen LogP contribution in [0, 0.1) is 13.8 Å². The van der Waals surface area contributed by atoms with E-state index >= 15 is 0 Å². The van der Waals surface area contributed by atoms with Crippen molar-refractivity contribution in [1.82, 2.24) is 30.2 Å². The minimum absolute atomic E-state index is 0.308. The fraction of sp³-hybridized carbons (Fsp3) is 0.154.